The molecule has 1 aromatic carbocycles. The lowest BCUT2D eigenvalue weighted by Crippen LogP contribution is -2.30. The second kappa shape index (κ2) is 5.47. The third-order valence-electron chi connectivity index (χ3n) is 4.04. The number of anilines is 1. The van der Waals surface area contributed by atoms with Crippen LogP contribution in [0.25, 0.3) is 0 Å². The monoisotopic (exact) mass is 255 g/mol. The van der Waals surface area contributed by atoms with Crippen molar-refractivity contribution in [2.45, 2.75) is 37.6 Å². The van der Waals surface area contributed by atoms with Crippen LogP contribution in [0.2, 0.25) is 0 Å². The molecule has 1 aliphatic rings. The van der Waals surface area contributed by atoms with Crippen LogP contribution >= 0.6 is 0 Å². The molecule has 0 saturated heterocycles. The van der Waals surface area contributed by atoms with Gasteiger partial charge >= 0.3 is 0 Å². The van der Waals surface area contributed by atoms with Crippen molar-refractivity contribution in [2.75, 3.05) is 5.32 Å². The molecular formula is C16H21N3. The van der Waals surface area contributed by atoms with Gasteiger partial charge in [0.1, 0.15) is 5.82 Å². The van der Waals surface area contributed by atoms with E-state index in [1.165, 1.54) is 31.2 Å². The molecule has 3 nitrogen and oxygen atoms in total. The normalized spacial score (nSPS) is 23.2. The summed E-state index contributed by atoms with van der Waals surface area (Å²) in [5.74, 6) is 1.60. The lowest BCUT2D eigenvalue weighted by Gasteiger charge is -2.32. The van der Waals surface area contributed by atoms with Gasteiger partial charge in [-0.25, -0.2) is 0 Å². The molecule has 19 heavy (non-hydrogen) atoms. The van der Waals surface area contributed by atoms with Crippen LogP contribution in [0.3, 0.4) is 0 Å². The number of nitrogens with zero attached hydrogens (tertiary/aromatic N) is 2. The summed E-state index contributed by atoms with van der Waals surface area (Å²) in [6, 6.07) is 13.4. The molecule has 1 fully saturated rings. The summed E-state index contributed by atoms with van der Waals surface area (Å²) in [6.07, 6.45) is 7.14. The van der Waals surface area contributed by atoms with E-state index in [1.54, 1.807) is 0 Å². The average Bonchev–Trinajstić information content (AvgIpc) is 2.86. The second-order valence-corrected chi connectivity index (χ2v) is 5.43. The highest BCUT2D eigenvalue weighted by atomic mass is 15.3. The summed E-state index contributed by atoms with van der Waals surface area (Å²) >= 11 is 0. The first-order valence-corrected chi connectivity index (χ1v) is 7.14. The highest BCUT2D eigenvalue weighted by molar-refractivity contribution is 5.36. The summed E-state index contributed by atoms with van der Waals surface area (Å²) < 4.78 is 1.85. The predicted octanol–water partition coefficient (Wildman–Crippen LogP) is 3.56. The van der Waals surface area contributed by atoms with Crippen LogP contribution in [0.15, 0.2) is 42.6 Å². The fourth-order valence-corrected chi connectivity index (χ4v) is 3.08. The van der Waals surface area contributed by atoms with Crippen molar-refractivity contribution < 1.29 is 0 Å². The minimum Gasteiger partial charge on any atom is -0.365 e. The number of aromatic nitrogens is 2. The Balaban J connectivity index is 1.77. The third-order valence-corrected chi connectivity index (χ3v) is 4.04. The van der Waals surface area contributed by atoms with Crippen LogP contribution < -0.4 is 5.32 Å². The number of rotatable bonds is 3. The molecule has 1 heterocycles. The molecule has 0 radical (unpaired) electrons. The van der Waals surface area contributed by atoms with E-state index in [0.717, 1.165) is 5.82 Å². The first-order chi connectivity index (χ1) is 9.33. The van der Waals surface area contributed by atoms with Crippen molar-refractivity contribution >= 4 is 5.82 Å². The van der Waals surface area contributed by atoms with Crippen molar-refractivity contribution in [3.05, 3.63) is 48.2 Å². The van der Waals surface area contributed by atoms with Crippen molar-refractivity contribution in [3.63, 3.8) is 0 Å². The van der Waals surface area contributed by atoms with Gasteiger partial charge in [-0.2, -0.15) is 5.10 Å². The Bertz CT molecular complexity index is 518. The molecule has 2 unspecified atom stereocenters. The Kier molecular flexibility index (Phi) is 3.53. The van der Waals surface area contributed by atoms with Crippen LogP contribution in [0, 0.1) is 0 Å². The SMILES string of the molecule is Cn1ccc(NC2CCCCC2c2ccccc2)n1. The number of hydrogen-bond acceptors (Lipinski definition) is 2. The molecule has 0 bridgehead atoms. The summed E-state index contributed by atoms with van der Waals surface area (Å²) in [6.45, 7) is 0. The highest BCUT2D eigenvalue weighted by Gasteiger charge is 2.26. The molecule has 2 aromatic rings. The average molecular weight is 255 g/mol. The van der Waals surface area contributed by atoms with Gasteiger partial charge in [-0.05, 0) is 18.4 Å². The largest absolute Gasteiger partial charge is 0.365 e. The fraction of sp³-hybridized carbons (Fsp3) is 0.438. The standard InChI is InChI=1S/C16H21N3/c1-19-12-11-16(18-19)17-15-10-6-5-9-14(15)13-7-3-2-4-8-13/h2-4,7-8,11-12,14-15H,5-6,9-10H2,1H3,(H,17,18). The lowest BCUT2D eigenvalue weighted by molar-refractivity contribution is 0.404. The summed E-state index contributed by atoms with van der Waals surface area (Å²) in [7, 11) is 1.96. The van der Waals surface area contributed by atoms with E-state index < -0.39 is 0 Å². The van der Waals surface area contributed by atoms with Crippen molar-refractivity contribution in [2.24, 2.45) is 7.05 Å². The zero-order chi connectivity index (χ0) is 13.1. The third kappa shape index (κ3) is 2.80. The van der Waals surface area contributed by atoms with Gasteiger partial charge in [0.2, 0.25) is 0 Å². The number of hydrogen-bond donors (Lipinski definition) is 1. The van der Waals surface area contributed by atoms with E-state index in [4.69, 9.17) is 0 Å². The fourth-order valence-electron chi connectivity index (χ4n) is 3.08. The van der Waals surface area contributed by atoms with E-state index in [0.29, 0.717) is 12.0 Å². The van der Waals surface area contributed by atoms with Crippen LogP contribution in [-0.4, -0.2) is 15.8 Å². The molecule has 1 N–H and O–H groups in total. The lowest BCUT2D eigenvalue weighted by atomic mass is 9.80. The van der Waals surface area contributed by atoms with Crippen LogP contribution in [0.1, 0.15) is 37.2 Å². The topological polar surface area (TPSA) is 29.9 Å². The van der Waals surface area contributed by atoms with E-state index >= 15 is 0 Å². The van der Waals surface area contributed by atoms with Crippen LogP contribution in [0.4, 0.5) is 5.82 Å². The molecule has 1 aliphatic carbocycles. The molecule has 1 saturated carbocycles. The molecule has 0 aliphatic heterocycles. The maximum absolute atomic E-state index is 4.44. The van der Waals surface area contributed by atoms with E-state index in [2.05, 4.69) is 46.8 Å². The van der Waals surface area contributed by atoms with Crippen molar-refractivity contribution in [1.29, 1.82) is 0 Å². The molecule has 0 spiro atoms. The zero-order valence-electron chi connectivity index (χ0n) is 11.4. The van der Waals surface area contributed by atoms with Gasteiger partial charge in [0, 0.05) is 31.3 Å². The smallest absolute Gasteiger partial charge is 0.148 e. The molecular weight excluding hydrogens is 234 g/mol. The Morgan fingerprint density at radius 1 is 1.11 bits per heavy atom. The molecule has 3 heteroatoms. The molecule has 0 amide bonds. The number of aryl methyl sites for hydroxylation is 1. The van der Waals surface area contributed by atoms with Crippen molar-refractivity contribution in [1.82, 2.24) is 9.78 Å². The van der Waals surface area contributed by atoms with Gasteiger partial charge in [-0.15, -0.1) is 0 Å². The minimum atomic E-state index is 0.506. The zero-order valence-corrected chi connectivity index (χ0v) is 11.4. The second-order valence-electron chi connectivity index (χ2n) is 5.43. The van der Waals surface area contributed by atoms with Gasteiger partial charge in [0.05, 0.1) is 0 Å². The first kappa shape index (κ1) is 12.3. The molecule has 100 valence electrons. The van der Waals surface area contributed by atoms with E-state index in [1.807, 2.05) is 17.9 Å². The molecule has 1 aromatic heterocycles. The molecule has 3 rings (SSSR count). The Morgan fingerprint density at radius 2 is 1.89 bits per heavy atom. The van der Waals surface area contributed by atoms with E-state index in [-0.39, 0.29) is 0 Å². The van der Waals surface area contributed by atoms with Gasteiger partial charge in [-0.1, -0.05) is 43.2 Å². The first-order valence-electron chi connectivity index (χ1n) is 7.14. The Labute approximate surface area is 114 Å². The van der Waals surface area contributed by atoms with Crippen LogP contribution in [-0.2, 0) is 7.05 Å². The van der Waals surface area contributed by atoms with Gasteiger partial charge < -0.3 is 5.32 Å². The van der Waals surface area contributed by atoms with Gasteiger partial charge in [0.25, 0.3) is 0 Å². The Morgan fingerprint density at radius 3 is 2.63 bits per heavy atom. The summed E-state index contributed by atoms with van der Waals surface area (Å²) in [5.41, 5.74) is 1.45. The number of benzene rings is 1. The van der Waals surface area contributed by atoms with Gasteiger partial charge in [0.15, 0.2) is 0 Å². The maximum Gasteiger partial charge on any atom is 0.148 e. The van der Waals surface area contributed by atoms with Crippen molar-refractivity contribution in [3.8, 4) is 0 Å². The van der Waals surface area contributed by atoms with E-state index in [9.17, 15) is 0 Å². The maximum atomic E-state index is 4.44. The number of nitrogens with one attached hydrogen (secondary N) is 1. The van der Waals surface area contributed by atoms with Gasteiger partial charge in [-0.3, -0.25) is 4.68 Å². The van der Waals surface area contributed by atoms with Crippen LogP contribution in [0.5, 0.6) is 0 Å². The highest BCUT2D eigenvalue weighted by Crippen LogP contribution is 2.34. The summed E-state index contributed by atoms with van der Waals surface area (Å²) in [5, 5.41) is 8.06. The quantitative estimate of drug-likeness (QED) is 0.909. The predicted molar refractivity (Wildman–Crippen MR) is 78.3 cm³/mol. The Hall–Kier alpha value is -1.77. The minimum absolute atomic E-state index is 0.506. The summed E-state index contributed by atoms with van der Waals surface area (Å²) in [4.78, 5) is 0. The molecule has 2 atom stereocenters.